The van der Waals surface area contributed by atoms with E-state index in [4.69, 9.17) is 0 Å². The third kappa shape index (κ3) is 3.05. The van der Waals surface area contributed by atoms with E-state index in [0.717, 1.165) is 50.1 Å². The van der Waals surface area contributed by atoms with Crippen molar-refractivity contribution in [2.24, 2.45) is 5.92 Å². The van der Waals surface area contributed by atoms with Crippen LogP contribution in [0.2, 0.25) is 0 Å². The van der Waals surface area contributed by atoms with Gasteiger partial charge in [0, 0.05) is 32.0 Å². The summed E-state index contributed by atoms with van der Waals surface area (Å²) in [6.45, 7) is 2.30. The zero-order valence-corrected chi connectivity index (χ0v) is 13.7. The van der Waals surface area contributed by atoms with Crippen molar-refractivity contribution in [2.45, 2.75) is 30.9 Å². The number of aromatic nitrogens is 3. The lowest BCUT2D eigenvalue weighted by molar-refractivity contribution is 0.409. The Hall–Kier alpha value is -1.67. The van der Waals surface area contributed by atoms with E-state index in [2.05, 4.69) is 19.6 Å². The van der Waals surface area contributed by atoms with Crippen molar-refractivity contribution in [3.05, 3.63) is 24.9 Å². The fourth-order valence-corrected chi connectivity index (χ4v) is 4.70. The van der Waals surface area contributed by atoms with Gasteiger partial charge in [0.15, 0.2) is 5.82 Å². The van der Waals surface area contributed by atoms with Gasteiger partial charge < -0.3 is 9.30 Å². The molecule has 1 aliphatic heterocycles. The Labute approximate surface area is 135 Å². The van der Waals surface area contributed by atoms with E-state index in [1.807, 2.05) is 16.8 Å². The largest absolute Gasteiger partial charge is 0.355 e. The number of anilines is 1. The van der Waals surface area contributed by atoms with Crippen LogP contribution in [-0.4, -0.2) is 47.7 Å². The molecule has 1 atom stereocenters. The van der Waals surface area contributed by atoms with E-state index >= 15 is 0 Å². The zero-order valence-electron chi connectivity index (χ0n) is 12.9. The minimum absolute atomic E-state index is 0.149. The average Bonchev–Trinajstić information content (AvgIpc) is 3.32. The highest BCUT2D eigenvalue weighted by Gasteiger charge is 2.36. The first kappa shape index (κ1) is 14.9. The summed E-state index contributed by atoms with van der Waals surface area (Å²) < 4.78 is 28.7. The standard InChI is InChI=1S/C15H21N5O2S/c21-23(22,13-3-4-13)18-8-12-2-1-6-19(10-12)15-14-9-16-11-20(14)7-5-17-15/h5,7,9,11-13,18H,1-4,6,8,10H2. The Morgan fingerprint density at radius 1 is 1.30 bits per heavy atom. The van der Waals surface area contributed by atoms with Crippen LogP contribution >= 0.6 is 0 Å². The highest BCUT2D eigenvalue weighted by Crippen LogP contribution is 2.28. The molecule has 0 bridgehead atoms. The van der Waals surface area contributed by atoms with Gasteiger partial charge in [-0.1, -0.05) is 0 Å². The number of hydrogen-bond donors (Lipinski definition) is 1. The third-order valence-corrected chi connectivity index (χ3v) is 6.59. The van der Waals surface area contributed by atoms with Crippen molar-refractivity contribution in [1.82, 2.24) is 19.1 Å². The van der Waals surface area contributed by atoms with Gasteiger partial charge in [-0.3, -0.25) is 0 Å². The van der Waals surface area contributed by atoms with Crippen molar-refractivity contribution in [3.63, 3.8) is 0 Å². The molecule has 1 N–H and O–H groups in total. The average molecular weight is 335 g/mol. The predicted octanol–water partition coefficient (Wildman–Crippen LogP) is 1.03. The van der Waals surface area contributed by atoms with Crippen LogP contribution in [0.4, 0.5) is 5.82 Å². The molecule has 0 radical (unpaired) electrons. The second-order valence-corrected chi connectivity index (χ2v) is 8.53. The maximum atomic E-state index is 12.0. The molecule has 4 rings (SSSR count). The number of hydrogen-bond acceptors (Lipinski definition) is 5. The van der Waals surface area contributed by atoms with Crippen molar-refractivity contribution in [1.29, 1.82) is 0 Å². The molecule has 1 saturated carbocycles. The van der Waals surface area contributed by atoms with E-state index in [1.165, 1.54) is 0 Å². The van der Waals surface area contributed by atoms with Crippen molar-refractivity contribution < 1.29 is 8.42 Å². The van der Waals surface area contributed by atoms with Crippen LogP contribution in [0.1, 0.15) is 25.7 Å². The Morgan fingerprint density at radius 3 is 3.00 bits per heavy atom. The van der Waals surface area contributed by atoms with Gasteiger partial charge in [0.2, 0.25) is 10.0 Å². The summed E-state index contributed by atoms with van der Waals surface area (Å²) in [5.41, 5.74) is 0.992. The summed E-state index contributed by atoms with van der Waals surface area (Å²) in [6, 6.07) is 0. The molecule has 0 amide bonds. The number of nitrogens with zero attached hydrogens (tertiary/aromatic N) is 4. The molecule has 3 heterocycles. The minimum atomic E-state index is -3.09. The van der Waals surface area contributed by atoms with Crippen LogP contribution in [-0.2, 0) is 10.0 Å². The molecule has 1 unspecified atom stereocenters. The van der Waals surface area contributed by atoms with E-state index in [0.29, 0.717) is 12.5 Å². The normalized spacial score (nSPS) is 22.6. The Kier molecular flexibility index (Phi) is 3.73. The lowest BCUT2D eigenvalue weighted by atomic mass is 9.98. The fourth-order valence-electron chi connectivity index (χ4n) is 3.24. The molecule has 124 valence electrons. The second-order valence-electron chi connectivity index (χ2n) is 6.48. The Bertz CT molecular complexity index is 799. The highest BCUT2D eigenvalue weighted by molar-refractivity contribution is 7.90. The number of nitrogens with one attached hydrogen (secondary N) is 1. The second kappa shape index (κ2) is 5.76. The van der Waals surface area contributed by atoms with Gasteiger partial charge in [0.05, 0.1) is 17.8 Å². The van der Waals surface area contributed by atoms with Crippen LogP contribution in [0.15, 0.2) is 24.9 Å². The molecule has 2 fully saturated rings. The molecule has 7 nitrogen and oxygen atoms in total. The van der Waals surface area contributed by atoms with Gasteiger partial charge in [0.1, 0.15) is 5.52 Å². The molecule has 23 heavy (non-hydrogen) atoms. The monoisotopic (exact) mass is 335 g/mol. The van der Waals surface area contributed by atoms with E-state index in [-0.39, 0.29) is 5.25 Å². The van der Waals surface area contributed by atoms with Crippen molar-refractivity contribution in [2.75, 3.05) is 24.5 Å². The first-order valence-electron chi connectivity index (χ1n) is 8.13. The van der Waals surface area contributed by atoms with Gasteiger partial charge >= 0.3 is 0 Å². The molecule has 0 spiro atoms. The van der Waals surface area contributed by atoms with Crippen LogP contribution in [0, 0.1) is 5.92 Å². The summed E-state index contributed by atoms with van der Waals surface area (Å²) in [4.78, 5) is 10.9. The van der Waals surface area contributed by atoms with Crippen LogP contribution in [0.5, 0.6) is 0 Å². The molecule has 1 saturated heterocycles. The van der Waals surface area contributed by atoms with E-state index in [1.54, 1.807) is 12.5 Å². The lowest BCUT2D eigenvalue weighted by Crippen LogP contribution is -2.42. The highest BCUT2D eigenvalue weighted by atomic mass is 32.2. The van der Waals surface area contributed by atoms with Crippen LogP contribution in [0.25, 0.3) is 5.52 Å². The van der Waals surface area contributed by atoms with Gasteiger partial charge in [-0.05, 0) is 31.6 Å². The molecule has 1 aliphatic carbocycles. The van der Waals surface area contributed by atoms with Crippen LogP contribution < -0.4 is 9.62 Å². The first-order valence-corrected chi connectivity index (χ1v) is 9.68. The number of sulfonamides is 1. The SMILES string of the molecule is O=S(=O)(NCC1CCCN(c2nccn3cncc23)C1)C1CC1. The minimum Gasteiger partial charge on any atom is -0.355 e. The Balaban J connectivity index is 1.45. The summed E-state index contributed by atoms with van der Waals surface area (Å²) in [7, 11) is -3.09. The maximum Gasteiger partial charge on any atom is 0.214 e. The smallest absolute Gasteiger partial charge is 0.214 e. The van der Waals surface area contributed by atoms with Gasteiger partial charge in [-0.2, -0.15) is 0 Å². The Morgan fingerprint density at radius 2 is 2.17 bits per heavy atom. The molecule has 0 aromatic carbocycles. The zero-order chi connectivity index (χ0) is 15.9. The van der Waals surface area contributed by atoms with Gasteiger partial charge in [0.25, 0.3) is 0 Å². The van der Waals surface area contributed by atoms with Gasteiger partial charge in [-0.15, -0.1) is 0 Å². The predicted molar refractivity (Wildman–Crippen MR) is 87.9 cm³/mol. The summed E-state index contributed by atoms with van der Waals surface area (Å²) in [6.07, 6.45) is 11.0. The molecule has 2 aromatic heterocycles. The molecule has 2 aromatic rings. The summed E-state index contributed by atoms with van der Waals surface area (Å²) >= 11 is 0. The number of rotatable bonds is 5. The number of imidazole rings is 1. The van der Waals surface area contributed by atoms with Crippen molar-refractivity contribution >= 4 is 21.4 Å². The molecular weight excluding hydrogens is 314 g/mol. The topological polar surface area (TPSA) is 79.6 Å². The number of fused-ring (bicyclic) bond motifs is 1. The van der Waals surface area contributed by atoms with Crippen LogP contribution in [0.3, 0.4) is 0 Å². The van der Waals surface area contributed by atoms with E-state index in [9.17, 15) is 8.42 Å². The summed E-state index contributed by atoms with van der Waals surface area (Å²) in [5.74, 6) is 1.25. The maximum absolute atomic E-state index is 12.0. The first-order chi connectivity index (χ1) is 11.1. The van der Waals surface area contributed by atoms with Crippen molar-refractivity contribution in [3.8, 4) is 0 Å². The summed E-state index contributed by atoms with van der Waals surface area (Å²) in [5, 5.41) is -0.149. The van der Waals surface area contributed by atoms with E-state index < -0.39 is 10.0 Å². The molecule has 2 aliphatic rings. The fraction of sp³-hybridized carbons (Fsp3) is 0.600. The quantitative estimate of drug-likeness (QED) is 0.883. The third-order valence-electron chi connectivity index (χ3n) is 4.67. The lowest BCUT2D eigenvalue weighted by Gasteiger charge is -2.33. The van der Waals surface area contributed by atoms with Gasteiger partial charge in [-0.25, -0.2) is 23.1 Å². The number of piperidine rings is 1. The molecule has 8 heteroatoms. The molecular formula is C15H21N5O2S.